The second kappa shape index (κ2) is 9.70. The van der Waals surface area contributed by atoms with Crippen LogP contribution in [0.25, 0.3) is 11.4 Å². The topological polar surface area (TPSA) is 81.4 Å². The van der Waals surface area contributed by atoms with Gasteiger partial charge in [0.1, 0.15) is 5.75 Å². The summed E-state index contributed by atoms with van der Waals surface area (Å²) in [5, 5.41) is 13.2. The zero-order valence-electron chi connectivity index (χ0n) is 15.7. The molecular weight excluding hydrogens is 374 g/mol. The van der Waals surface area contributed by atoms with Crippen LogP contribution in [0.15, 0.2) is 64.9 Å². The van der Waals surface area contributed by atoms with E-state index in [0.717, 1.165) is 29.2 Å². The number of amides is 1. The fraction of sp³-hybridized carbons (Fsp3) is 0.200. The number of carbonyl (C=O) groups excluding carboxylic acids is 1. The van der Waals surface area contributed by atoms with E-state index in [1.165, 1.54) is 11.8 Å². The van der Waals surface area contributed by atoms with Crippen LogP contribution in [0.4, 0.5) is 0 Å². The summed E-state index contributed by atoms with van der Waals surface area (Å²) in [6.45, 7) is 2.75. The molecule has 0 atom stereocenters. The Morgan fingerprint density at radius 2 is 1.93 bits per heavy atom. The molecule has 2 aromatic carbocycles. The van der Waals surface area contributed by atoms with Gasteiger partial charge in [-0.05, 0) is 36.8 Å². The van der Waals surface area contributed by atoms with Crippen molar-refractivity contribution in [2.24, 2.45) is 5.10 Å². The number of hydrogen-bond donors (Lipinski definition) is 1. The molecular formula is C20H21N5O2S. The van der Waals surface area contributed by atoms with Crippen LogP contribution in [-0.4, -0.2) is 39.7 Å². The highest BCUT2D eigenvalue weighted by atomic mass is 32.2. The number of rotatable bonds is 8. The Balaban J connectivity index is 1.55. The van der Waals surface area contributed by atoms with Gasteiger partial charge in [0.15, 0.2) is 11.0 Å². The Morgan fingerprint density at radius 3 is 2.61 bits per heavy atom. The molecule has 0 bridgehead atoms. The fourth-order valence-corrected chi connectivity index (χ4v) is 3.31. The number of ether oxygens (including phenoxy) is 1. The second-order valence-electron chi connectivity index (χ2n) is 5.77. The molecule has 0 aliphatic rings. The van der Waals surface area contributed by atoms with Gasteiger partial charge >= 0.3 is 0 Å². The molecule has 0 fully saturated rings. The fourth-order valence-electron chi connectivity index (χ4n) is 2.51. The van der Waals surface area contributed by atoms with E-state index in [1.54, 1.807) is 13.3 Å². The summed E-state index contributed by atoms with van der Waals surface area (Å²) in [6, 6.07) is 17.3. The molecule has 1 amide bonds. The first kappa shape index (κ1) is 19.6. The third-order valence-corrected chi connectivity index (χ3v) is 4.88. The number of aromatic nitrogens is 3. The molecule has 1 N–H and O–H groups in total. The normalized spacial score (nSPS) is 10.9. The first-order chi connectivity index (χ1) is 13.7. The Hall–Kier alpha value is -3.13. The molecule has 0 spiro atoms. The van der Waals surface area contributed by atoms with Crippen LogP contribution in [0.3, 0.4) is 0 Å². The van der Waals surface area contributed by atoms with Crippen molar-refractivity contribution >= 4 is 23.9 Å². The van der Waals surface area contributed by atoms with Crippen LogP contribution in [0.2, 0.25) is 0 Å². The second-order valence-corrected chi connectivity index (χ2v) is 6.71. The van der Waals surface area contributed by atoms with Crippen LogP contribution >= 0.6 is 11.8 Å². The van der Waals surface area contributed by atoms with Crippen molar-refractivity contribution in [3.05, 3.63) is 60.2 Å². The van der Waals surface area contributed by atoms with Gasteiger partial charge in [0.05, 0.1) is 19.1 Å². The lowest BCUT2D eigenvalue weighted by molar-refractivity contribution is -0.118. The minimum absolute atomic E-state index is 0.201. The Morgan fingerprint density at radius 1 is 1.18 bits per heavy atom. The van der Waals surface area contributed by atoms with Gasteiger partial charge < -0.3 is 9.30 Å². The number of hydrogen-bond acceptors (Lipinski definition) is 6. The lowest BCUT2D eigenvalue weighted by Gasteiger charge is -2.06. The summed E-state index contributed by atoms with van der Waals surface area (Å²) in [6.07, 6.45) is 1.59. The van der Waals surface area contributed by atoms with E-state index >= 15 is 0 Å². The quantitative estimate of drug-likeness (QED) is 0.360. The van der Waals surface area contributed by atoms with Crippen molar-refractivity contribution in [3.8, 4) is 17.1 Å². The number of nitrogens with zero attached hydrogens (tertiary/aromatic N) is 4. The molecule has 0 saturated heterocycles. The molecule has 0 aliphatic carbocycles. The third-order valence-electron chi connectivity index (χ3n) is 3.92. The van der Waals surface area contributed by atoms with Crippen LogP contribution in [0.5, 0.6) is 5.75 Å². The molecule has 1 aromatic heterocycles. The number of methoxy groups -OCH3 is 1. The Kier molecular flexibility index (Phi) is 6.80. The van der Waals surface area contributed by atoms with E-state index in [9.17, 15) is 4.79 Å². The van der Waals surface area contributed by atoms with Crippen molar-refractivity contribution in [3.63, 3.8) is 0 Å². The molecule has 0 aliphatic heterocycles. The maximum Gasteiger partial charge on any atom is 0.250 e. The Bertz CT molecular complexity index is 939. The number of thioether (sulfide) groups is 1. The van der Waals surface area contributed by atoms with E-state index in [-0.39, 0.29) is 11.7 Å². The van der Waals surface area contributed by atoms with Crippen molar-refractivity contribution < 1.29 is 9.53 Å². The van der Waals surface area contributed by atoms with Crippen LogP contribution in [-0.2, 0) is 11.3 Å². The summed E-state index contributed by atoms with van der Waals surface area (Å²) >= 11 is 1.33. The van der Waals surface area contributed by atoms with Gasteiger partial charge in [-0.3, -0.25) is 4.79 Å². The van der Waals surface area contributed by atoms with Crippen molar-refractivity contribution in [1.82, 2.24) is 20.2 Å². The van der Waals surface area contributed by atoms with Gasteiger partial charge in [0.25, 0.3) is 5.91 Å². The van der Waals surface area contributed by atoms with Crippen molar-refractivity contribution in [2.45, 2.75) is 18.6 Å². The summed E-state index contributed by atoms with van der Waals surface area (Å²) in [5.74, 6) is 1.56. The lowest BCUT2D eigenvalue weighted by Crippen LogP contribution is -2.20. The smallest absolute Gasteiger partial charge is 0.250 e. The number of carbonyl (C=O) groups is 1. The molecule has 28 heavy (non-hydrogen) atoms. The molecule has 0 radical (unpaired) electrons. The average Bonchev–Trinajstić information content (AvgIpc) is 3.16. The predicted molar refractivity (Wildman–Crippen MR) is 111 cm³/mol. The molecule has 7 nitrogen and oxygen atoms in total. The molecule has 144 valence electrons. The first-order valence-electron chi connectivity index (χ1n) is 8.78. The summed E-state index contributed by atoms with van der Waals surface area (Å²) in [7, 11) is 1.61. The first-order valence-corrected chi connectivity index (χ1v) is 9.77. The van der Waals surface area contributed by atoms with Gasteiger partial charge in [-0.1, -0.05) is 42.1 Å². The molecule has 3 rings (SSSR count). The predicted octanol–water partition coefficient (Wildman–Crippen LogP) is 3.22. The highest BCUT2D eigenvalue weighted by Crippen LogP contribution is 2.23. The molecule has 8 heteroatoms. The maximum atomic E-state index is 12.1. The van der Waals surface area contributed by atoms with Crippen LogP contribution < -0.4 is 10.2 Å². The number of nitrogens with one attached hydrogen (secondary N) is 1. The zero-order chi connectivity index (χ0) is 19.8. The SMILES string of the molecule is CCn1c(SCC(=O)NN=Cc2ccc(OC)cc2)nnc1-c1ccccc1. The van der Waals surface area contributed by atoms with Crippen molar-refractivity contribution in [1.29, 1.82) is 0 Å². The largest absolute Gasteiger partial charge is 0.497 e. The van der Waals surface area contributed by atoms with E-state index in [4.69, 9.17) is 4.74 Å². The minimum atomic E-state index is -0.207. The lowest BCUT2D eigenvalue weighted by atomic mass is 10.2. The molecule has 1 heterocycles. The third kappa shape index (κ3) is 4.98. The molecule has 0 unspecified atom stereocenters. The molecule has 0 saturated carbocycles. The van der Waals surface area contributed by atoms with Crippen LogP contribution in [0, 0.1) is 0 Å². The van der Waals surface area contributed by atoms with Gasteiger partial charge in [-0.25, -0.2) is 5.43 Å². The zero-order valence-corrected chi connectivity index (χ0v) is 16.5. The average molecular weight is 395 g/mol. The summed E-state index contributed by atoms with van der Waals surface area (Å²) < 4.78 is 7.10. The Labute approximate surface area is 167 Å². The highest BCUT2D eigenvalue weighted by molar-refractivity contribution is 7.99. The summed E-state index contributed by atoms with van der Waals surface area (Å²) in [4.78, 5) is 12.1. The van der Waals surface area contributed by atoms with Crippen molar-refractivity contribution in [2.75, 3.05) is 12.9 Å². The van der Waals surface area contributed by atoms with Gasteiger partial charge in [0.2, 0.25) is 0 Å². The van der Waals surface area contributed by atoms with E-state index in [2.05, 4.69) is 20.7 Å². The van der Waals surface area contributed by atoms with Gasteiger partial charge in [-0.15, -0.1) is 10.2 Å². The number of benzene rings is 2. The van der Waals surface area contributed by atoms with Gasteiger partial charge in [0, 0.05) is 12.1 Å². The molecule has 3 aromatic rings. The van der Waals surface area contributed by atoms with Gasteiger partial charge in [-0.2, -0.15) is 5.10 Å². The van der Waals surface area contributed by atoms with E-state index in [0.29, 0.717) is 5.16 Å². The van der Waals surface area contributed by atoms with E-state index in [1.807, 2.05) is 66.1 Å². The summed E-state index contributed by atoms with van der Waals surface area (Å²) in [5.41, 5.74) is 4.39. The minimum Gasteiger partial charge on any atom is -0.497 e. The monoisotopic (exact) mass is 395 g/mol. The number of hydrazone groups is 1. The maximum absolute atomic E-state index is 12.1. The van der Waals surface area contributed by atoms with E-state index < -0.39 is 0 Å². The standard InChI is InChI=1S/C20H21N5O2S/c1-3-25-19(16-7-5-4-6-8-16)23-24-20(25)28-14-18(26)22-21-13-15-9-11-17(27-2)12-10-15/h4-13H,3,14H2,1-2H3,(H,22,26). The highest BCUT2D eigenvalue weighted by Gasteiger charge is 2.14. The van der Waals surface area contributed by atoms with Crippen LogP contribution in [0.1, 0.15) is 12.5 Å².